The van der Waals surface area contributed by atoms with Crippen LogP contribution in [0.15, 0.2) is 24.3 Å². The molecule has 78 valence electrons. The molecule has 0 fully saturated rings. The van der Waals surface area contributed by atoms with Gasteiger partial charge in [0.2, 0.25) is 0 Å². The van der Waals surface area contributed by atoms with Crippen LogP contribution in [-0.2, 0) is 0 Å². The second-order valence-corrected chi connectivity index (χ2v) is 3.23. The van der Waals surface area contributed by atoms with Gasteiger partial charge < -0.3 is 15.3 Å². The average molecular weight is 194 g/mol. The number of aliphatic hydroxyl groups excluding tert-OH is 1. The first-order chi connectivity index (χ1) is 6.77. The molecule has 3 nitrogen and oxygen atoms in total. The molecule has 0 atom stereocenters. The first kappa shape index (κ1) is 10.9. The summed E-state index contributed by atoms with van der Waals surface area (Å²) in [5.41, 5.74) is 2.24. The van der Waals surface area contributed by atoms with E-state index in [9.17, 15) is 0 Å². The van der Waals surface area contributed by atoms with Crippen molar-refractivity contribution in [1.82, 2.24) is 0 Å². The third-order valence-electron chi connectivity index (χ3n) is 2.10. The molecule has 0 aromatic heterocycles. The van der Waals surface area contributed by atoms with Crippen molar-refractivity contribution in [3.63, 3.8) is 0 Å². The molecule has 0 amide bonds. The second kappa shape index (κ2) is 5.50. The predicted octanol–water partition coefficient (Wildman–Crippen LogP) is 1.55. The van der Waals surface area contributed by atoms with Gasteiger partial charge in [0.05, 0.1) is 6.61 Å². The standard InChI is InChI=1S/C11H18N2O/c1-3-12-10-5-4-6-11(9-10)13(2)7-8-14/h4-6,9,12,14H,3,7-8H2,1-2H3. The molecular formula is C11H18N2O. The van der Waals surface area contributed by atoms with Crippen molar-refractivity contribution < 1.29 is 5.11 Å². The molecule has 0 saturated carbocycles. The second-order valence-electron chi connectivity index (χ2n) is 3.23. The normalized spacial score (nSPS) is 9.93. The van der Waals surface area contributed by atoms with E-state index in [2.05, 4.69) is 18.3 Å². The molecule has 2 N–H and O–H groups in total. The smallest absolute Gasteiger partial charge is 0.0606 e. The summed E-state index contributed by atoms with van der Waals surface area (Å²) in [5, 5.41) is 12.1. The van der Waals surface area contributed by atoms with Crippen LogP contribution in [-0.4, -0.2) is 31.9 Å². The van der Waals surface area contributed by atoms with Gasteiger partial charge in [-0.2, -0.15) is 0 Å². The maximum absolute atomic E-state index is 8.81. The van der Waals surface area contributed by atoms with Gasteiger partial charge in [-0.15, -0.1) is 0 Å². The van der Waals surface area contributed by atoms with Crippen molar-refractivity contribution in [2.75, 3.05) is 37.0 Å². The lowest BCUT2D eigenvalue weighted by molar-refractivity contribution is 0.304. The highest BCUT2D eigenvalue weighted by Crippen LogP contribution is 2.17. The number of rotatable bonds is 5. The fraction of sp³-hybridized carbons (Fsp3) is 0.455. The van der Waals surface area contributed by atoms with E-state index in [1.807, 2.05) is 30.1 Å². The van der Waals surface area contributed by atoms with Gasteiger partial charge >= 0.3 is 0 Å². The lowest BCUT2D eigenvalue weighted by atomic mass is 10.2. The van der Waals surface area contributed by atoms with E-state index in [-0.39, 0.29) is 6.61 Å². The van der Waals surface area contributed by atoms with Crippen LogP contribution in [0.5, 0.6) is 0 Å². The molecule has 0 heterocycles. The summed E-state index contributed by atoms with van der Waals surface area (Å²) >= 11 is 0. The number of nitrogens with one attached hydrogen (secondary N) is 1. The molecule has 0 aliphatic heterocycles. The van der Waals surface area contributed by atoms with Gasteiger partial charge in [0.25, 0.3) is 0 Å². The average Bonchev–Trinajstić information content (AvgIpc) is 2.19. The minimum Gasteiger partial charge on any atom is -0.395 e. The molecule has 0 unspecified atom stereocenters. The molecule has 3 heteroatoms. The van der Waals surface area contributed by atoms with Crippen LogP contribution in [0.1, 0.15) is 6.92 Å². The molecule has 14 heavy (non-hydrogen) atoms. The molecule has 1 rings (SSSR count). The molecule has 1 aromatic rings. The molecule has 0 saturated heterocycles. The van der Waals surface area contributed by atoms with E-state index in [1.165, 1.54) is 0 Å². The van der Waals surface area contributed by atoms with Crippen LogP contribution in [0.2, 0.25) is 0 Å². The Kier molecular flexibility index (Phi) is 4.26. The van der Waals surface area contributed by atoms with E-state index in [0.717, 1.165) is 17.9 Å². The number of anilines is 2. The Morgan fingerprint density at radius 1 is 1.43 bits per heavy atom. The fourth-order valence-electron chi connectivity index (χ4n) is 1.34. The summed E-state index contributed by atoms with van der Waals surface area (Å²) in [5.74, 6) is 0. The van der Waals surface area contributed by atoms with Crippen molar-refractivity contribution >= 4 is 11.4 Å². The summed E-state index contributed by atoms with van der Waals surface area (Å²) < 4.78 is 0. The van der Waals surface area contributed by atoms with Gasteiger partial charge in [0.15, 0.2) is 0 Å². The van der Waals surface area contributed by atoms with E-state index >= 15 is 0 Å². The highest BCUT2D eigenvalue weighted by Gasteiger charge is 1.99. The molecule has 1 aromatic carbocycles. The van der Waals surface area contributed by atoms with Gasteiger partial charge in [-0.3, -0.25) is 0 Å². The predicted molar refractivity (Wildman–Crippen MR) is 61.0 cm³/mol. The fourth-order valence-corrected chi connectivity index (χ4v) is 1.34. The summed E-state index contributed by atoms with van der Waals surface area (Å²) in [7, 11) is 1.97. The van der Waals surface area contributed by atoms with E-state index in [4.69, 9.17) is 5.11 Å². The third kappa shape index (κ3) is 2.92. The van der Waals surface area contributed by atoms with Crippen LogP contribution < -0.4 is 10.2 Å². The quantitative estimate of drug-likeness (QED) is 0.746. The van der Waals surface area contributed by atoms with Crippen LogP contribution >= 0.6 is 0 Å². The summed E-state index contributed by atoms with van der Waals surface area (Å²) in [6, 6.07) is 8.18. The van der Waals surface area contributed by atoms with Crippen molar-refractivity contribution in [1.29, 1.82) is 0 Å². The van der Waals surface area contributed by atoms with Gasteiger partial charge in [-0.1, -0.05) is 6.07 Å². The Morgan fingerprint density at radius 3 is 2.86 bits per heavy atom. The number of hydrogen-bond acceptors (Lipinski definition) is 3. The Bertz CT molecular complexity index is 276. The molecule has 0 aliphatic carbocycles. The van der Waals surface area contributed by atoms with Crippen LogP contribution in [0.25, 0.3) is 0 Å². The van der Waals surface area contributed by atoms with Gasteiger partial charge in [0.1, 0.15) is 0 Å². The Labute approximate surface area is 85.4 Å². The zero-order valence-electron chi connectivity index (χ0n) is 8.83. The summed E-state index contributed by atoms with van der Waals surface area (Å²) in [4.78, 5) is 2.03. The molecule has 0 aliphatic rings. The van der Waals surface area contributed by atoms with Crippen LogP contribution in [0.3, 0.4) is 0 Å². The number of nitrogens with zero attached hydrogens (tertiary/aromatic N) is 1. The van der Waals surface area contributed by atoms with Crippen molar-refractivity contribution in [3.05, 3.63) is 24.3 Å². The van der Waals surface area contributed by atoms with Gasteiger partial charge in [-0.05, 0) is 25.1 Å². The maximum Gasteiger partial charge on any atom is 0.0606 e. The van der Waals surface area contributed by atoms with Gasteiger partial charge in [-0.25, -0.2) is 0 Å². The van der Waals surface area contributed by atoms with E-state index in [0.29, 0.717) is 6.54 Å². The zero-order chi connectivity index (χ0) is 10.4. The van der Waals surface area contributed by atoms with Crippen LogP contribution in [0.4, 0.5) is 11.4 Å². The topological polar surface area (TPSA) is 35.5 Å². The SMILES string of the molecule is CCNc1cccc(N(C)CCO)c1. The Hall–Kier alpha value is -1.22. The summed E-state index contributed by atoms with van der Waals surface area (Å²) in [6.07, 6.45) is 0. The number of benzene rings is 1. The minimum atomic E-state index is 0.182. The van der Waals surface area contributed by atoms with Crippen molar-refractivity contribution in [2.24, 2.45) is 0 Å². The Morgan fingerprint density at radius 2 is 2.21 bits per heavy atom. The highest BCUT2D eigenvalue weighted by atomic mass is 16.3. The number of aliphatic hydroxyl groups is 1. The van der Waals surface area contributed by atoms with Gasteiger partial charge in [0, 0.05) is 31.5 Å². The first-order valence-corrected chi connectivity index (χ1v) is 4.94. The monoisotopic (exact) mass is 194 g/mol. The van der Waals surface area contributed by atoms with E-state index < -0.39 is 0 Å². The van der Waals surface area contributed by atoms with Crippen molar-refractivity contribution in [2.45, 2.75) is 6.92 Å². The largest absolute Gasteiger partial charge is 0.395 e. The van der Waals surface area contributed by atoms with Crippen LogP contribution in [0, 0.1) is 0 Å². The molecule has 0 radical (unpaired) electrons. The minimum absolute atomic E-state index is 0.182. The Balaban J connectivity index is 2.71. The first-order valence-electron chi connectivity index (χ1n) is 4.94. The lowest BCUT2D eigenvalue weighted by Gasteiger charge is -2.18. The third-order valence-corrected chi connectivity index (χ3v) is 2.10. The molecular weight excluding hydrogens is 176 g/mol. The number of likely N-dealkylation sites (N-methyl/N-ethyl adjacent to an activating group) is 1. The lowest BCUT2D eigenvalue weighted by Crippen LogP contribution is -2.21. The summed E-state index contributed by atoms with van der Waals surface area (Å²) in [6.45, 7) is 3.84. The zero-order valence-corrected chi connectivity index (χ0v) is 8.83. The van der Waals surface area contributed by atoms with Crippen molar-refractivity contribution in [3.8, 4) is 0 Å². The number of hydrogen-bond donors (Lipinski definition) is 2. The van der Waals surface area contributed by atoms with E-state index in [1.54, 1.807) is 0 Å². The maximum atomic E-state index is 8.81. The highest BCUT2D eigenvalue weighted by molar-refractivity contribution is 5.57. The molecule has 0 spiro atoms. The molecule has 0 bridgehead atoms.